The van der Waals surface area contributed by atoms with Gasteiger partial charge in [0.25, 0.3) is 0 Å². The molecule has 37 heavy (non-hydrogen) atoms. The summed E-state index contributed by atoms with van der Waals surface area (Å²) in [5.74, 6) is 1.88. The molecule has 0 amide bonds. The maximum Gasteiger partial charge on any atom is 0.0233 e. The zero-order valence-electron chi connectivity index (χ0n) is 24.9. The van der Waals surface area contributed by atoms with Crippen LogP contribution in [0.1, 0.15) is 95.9 Å². The van der Waals surface area contributed by atoms with E-state index < -0.39 is 0 Å². The molecule has 2 fully saturated rings. The van der Waals surface area contributed by atoms with Gasteiger partial charge in [0.2, 0.25) is 0 Å². The number of benzene rings is 2. The van der Waals surface area contributed by atoms with Gasteiger partial charge in [-0.3, -0.25) is 9.80 Å². The van der Waals surface area contributed by atoms with Crippen molar-refractivity contribution in [1.82, 2.24) is 9.80 Å². The van der Waals surface area contributed by atoms with Gasteiger partial charge in [0.15, 0.2) is 0 Å². The maximum absolute atomic E-state index is 2.69. The first-order chi connectivity index (χ1) is 17.5. The molecule has 0 saturated carbocycles. The van der Waals surface area contributed by atoms with Crippen molar-refractivity contribution < 1.29 is 0 Å². The lowest BCUT2D eigenvalue weighted by Crippen LogP contribution is -2.36. The Bertz CT molecular complexity index is 849. The van der Waals surface area contributed by atoms with E-state index in [0.29, 0.717) is 10.8 Å². The van der Waals surface area contributed by atoms with Gasteiger partial charge in [-0.15, -0.1) is 0 Å². The molecule has 2 saturated heterocycles. The van der Waals surface area contributed by atoms with Crippen LogP contribution in [-0.2, 0) is 25.9 Å². The maximum atomic E-state index is 2.69. The largest absolute Gasteiger partial charge is 0.299 e. The lowest BCUT2D eigenvalue weighted by atomic mass is 9.82. The van der Waals surface area contributed by atoms with E-state index in [1.165, 1.54) is 80.5 Å². The fourth-order valence-corrected chi connectivity index (χ4v) is 6.50. The summed E-state index contributed by atoms with van der Waals surface area (Å²) in [6, 6.07) is 18.8. The van der Waals surface area contributed by atoms with Crippen molar-refractivity contribution in [2.24, 2.45) is 22.7 Å². The van der Waals surface area contributed by atoms with Gasteiger partial charge in [-0.25, -0.2) is 0 Å². The Morgan fingerprint density at radius 1 is 0.514 bits per heavy atom. The van der Waals surface area contributed by atoms with Gasteiger partial charge < -0.3 is 0 Å². The first-order valence-electron chi connectivity index (χ1n) is 15.1. The van der Waals surface area contributed by atoms with E-state index in [-0.39, 0.29) is 0 Å². The quantitative estimate of drug-likeness (QED) is 0.358. The molecule has 0 aliphatic carbocycles. The highest BCUT2D eigenvalue weighted by Gasteiger charge is 2.25. The van der Waals surface area contributed by atoms with Crippen molar-refractivity contribution in [3.05, 3.63) is 70.8 Å². The predicted molar refractivity (Wildman–Crippen MR) is 160 cm³/mol. The van der Waals surface area contributed by atoms with E-state index in [0.717, 1.165) is 37.8 Å². The van der Waals surface area contributed by atoms with Crippen LogP contribution in [0.15, 0.2) is 48.5 Å². The molecule has 0 unspecified atom stereocenters. The fourth-order valence-electron chi connectivity index (χ4n) is 6.50. The molecule has 2 aromatic carbocycles. The minimum absolute atomic E-state index is 0.359. The Labute approximate surface area is 228 Å². The van der Waals surface area contributed by atoms with Crippen LogP contribution >= 0.6 is 0 Å². The van der Waals surface area contributed by atoms with E-state index in [1.807, 2.05) is 0 Å². The van der Waals surface area contributed by atoms with Gasteiger partial charge in [-0.05, 0) is 116 Å². The lowest BCUT2D eigenvalue weighted by Gasteiger charge is -2.37. The molecule has 2 aromatic rings. The first-order valence-corrected chi connectivity index (χ1v) is 15.1. The van der Waals surface area contributed by atoms with Gasteiger partial charge in [0.05, 0.1) is 0 Å². The summed E-state index contributed by atoms with van der Waals surface area (Å²) in [5.41, 5.74) is 6.61. The Kier molecular flexibility index (Phi) is 9.57. The van der Waals surface area contributed by atoms with Crippen molar-refractivity contribution in [2.45, 2.75) is 99.6 Å². The third-order valence-corrected chi connectivity index (χ3v) is 8.41. The Balaban J connectivity index is 1.13. The molecule has 204 valence electrons. The Morgan fingerprint density at radius 2 is 0.811 bits per heavy atom. The van der Waals surface area contributed by atoms with Crippen molar-refractivity contribution in [1.29, 1.82) is 0 Å². The molecular weight excluding hydrogens is 448 g/mol. The summed E-state index contributed by atoms with van der Waals surface area (Å²) in [6.45, 7) is 21.3. The topological polar surface area (TPSA) is 6.48 Å². The van der Waals surface area contributed by atoms with Crippen LogP contribution in [0.4, 0.5) is 0 Å². The van der Waals surface area contributed by atoms with Crippen molar-refractivity contribution in [3.63, 3.8) is 0 Å². The molecule has 0 aromatic heterocycles. The smallest absolute Gasteiger partial charge is 0.0233 e. The van der Waals surface area contributed by atoms with Crippen LogP contribution in [0, 0.1) is 22.7 Å². The van der Waals surface area contributed by atoms with Gasteiger partial charge in [0, 0.05) is 13.1 Å². The molecule has 2 heterocycles. The third kappa shape index (κ3) is 9.88. The zero-order valence-corrected chi connectivity index (χ0v) is 24.9. The highest BCUT2D eigenvalue weighted by atomic mass is 15.1. The van der Waals surface area contributed by atoms with E-state index in [1.54, 1.807) is 0 Å². The van der Waals surface area contributed by atoms with Gasteiger partial charge >= 0.3 is 0 Å². The molecule has 0 radical (unpaired) electrons. The normalized spacial score (nSPS) is 19.4. The second-order valence-electron chi connectivity index (χ2n) is 14.8. The van der Waals surface area contributed by atoms with Crippen LogP contribution in [0.3, 0.4) is 0 Å². The van der Waals surface area contributed by atoms with E-state index >= 15 is 0 Å². The second kappa shape index (κ2) is 12.5. The minimum atomic E-state index is 0.359. The Morgan fingerprint density at radius 3 is 1.11 bits per heavy atom. The number of rotatable bonds is 8. The summed E-state index contributed by atoms with van der Waals surface area (Å²) in [6.07, 6.45) is 9.34. The molecule has 0 bridgehead atoms. The van der Waals surface area contributed by atoms with Crippen LogP contribution in [0.2, 0.25) is 0 Å². The SMILES string of the molecule is CC(C)(C)Cc1ccc(CN2CCC(CC3CCN(Cc4ccc(CC(C)(C)C)cc4)CC3)CC2)cc1. The second-order valence-corrected chi connectivity index (χ2v) is 14.8. The monoisotopic (exact) mass is 502 g/mol. The highest BCUT2D eigenvalue weighted by molar-refractivity contribution is 5.24. The summed E-state index contributed by atoms with van der Waals surface area (Å²) in [5, 5.41) is 0. The molecule has 2 heteroatoms. The first kappa shape index (κ1) is 28.4. The van der Waals surface area contributed by atoms with Gasteiger partial charge in [-0.1, -0.05) is 90.1 Å². The van der Waals surface area contributed by atoms with Crippen molar-refractivity contribution >= 4 is 0 Å². The zero-order chi connectivity index (χ0) is 26.5. The highest BCUT2D eigenvalue weighted by Crippen LogP contribution is 2.31. The Hall–Kier alpha value is -1.64. The molecular formula is C35H54N2. The molecule has 0 N–H and O–H groups in total. The standard InChI is InChI=1S/C35H54N2/c1-34(2,3)24-30-7-11-32(12-8-30)26-36-19-15-28(16-20-36)23-29-17-21-37(22-18-29)27-33-13-9-31(10-14-33)25-35(4,5)6/h7-14,28-29H,15-27H2,1-6H3. The summed E-state index contributed by atoms with van der Waals surface area (Å²) in [4.78, 5) is 5.37. The van der Waals surface area contributed by atoms with Gasteiger partial charge in [0.1, 0.15) is 0 Å². The lowest BCUT2D eigenvalue weighted by molar-refractivity contribution is 0.127. The molecule has 2 aliphatic rings. The fraction of sp³-hybridized carbons (Fsp3) is 0.657. The third-order valence-electron chi connectivity index (χ3n) is 8.41. The molecule has 0 spiro atoms. The summed E-state index contributed by atoms with van der Waals surface area (Å²) < 4.78 is 0. The summed E-state index contributed by atoms with van der Waals surface area (Å²) in [7, 11) is 0. The minimum Gasteiger partial charge on any atom is -0.299 e. The average molecular weight is 503 g/mol. The number of nitrogens with zero attached hydrogens (tertiary/aromatic N) is 2. The predicted octanol–water partition coefficient (Wildman–Crippen LogP) is 8.38. The average Bonchev–Trinajstić information content (AvgIpc) is 2.82. The number of piperidine rings is 2. The number of likely N-dealkylation sites (tertiary alicyclic amines) is 2. The molecule has 2 nitrogen and oxygen atoms in total. The van der Waals surface area contributed by atoms with E-state index in [9.17, 15) is 0 Å². The van der Waals surface area contributed by atoms with E-state index in [2.05, 4.69) is 99.9 Å². The molecule has 0 atom stereocenters. The van der Waals surface area contributed by atoms with Crippen LogP contribution in [0.5, 0.6) is 0 Å². The molecule has 4 rings (SSSR count). The number of hydrogen-bond donors (Lipinski definition) is 0. The van der Waals surface area contributed by atoms with Crippen molar-refractivity contribution in [3.8, 4) is 0 Å². The van der Waals surface area contributed by atoms with Gasteiger partial charge in [-0.2, -0.15) is 0 Å². The van der Waals surface area contributed by atoms with Crippen LogP contribution < -0.4 is 0 Å². The van der Waals surface area contributed by atoms with E-state index in [4.69, 9.17) is 0 Å². The number of hydrogen-bond acceptors (Lipinski definition) is 2. The van der Waals surface area contributed by atoms with Crippen molar-refractivity contribution in [2.75, 3.05) is 26.2 Å². The summed E-state index contributed by atoms with van der Waals surface area (Å²) >= 11 is 0. The van der Waals surface area contributed by atoms with Crippen LogP contribution in [0.25, 0.3) is 0 Å². The molecule has 2 aliphatic heterocycles. The van der Waals surface area contributed by atoms with Crippen LogP contribution in [-0.4, -0.2) is 36.0 Å².